The van der Waals surface area contributed by atoms with Crippen molar-refractivity contribution in [3.05, 3.63) is 27.6 Å². The van der Waals surface area contributed by atoms with E-state index in [-0.39, 0.29) is 17.4 Å². The Bertz CT molecular complexity index is 706. The fourth-order valence-corrected chi connectivity index (χ4v) is 3.75. The van der Waals surface area contributed by atoms with Crippen LogP contribution in [-0.4, -0.2) is 33.2 Å². The zero-order valence-corrected chi connectivity index (χ0v) is 12.9. The quantitative estimate of drug-likeness (QED) is 0.941. The minimum Gasteiger partial charge on any atom is -0.308 e. The second kappa shape index (κ2) is 6.07. The average molecular weight is 305 g/mol. The maximum atomic E-state index is 12.0. The van der Waals surface area contributed by atoms with Crippen LogP contribution >= 0.6 is 11.3 Å². The number of aromatic nitrogens is 2. The van der Waals surface area contributed by atoms with Gasteiger partial charge in [-0.1, -0.05) is 6.42 Å². The first kappa shape index (κ1) is 14.4. The number of nitrogens with zero attached hydrogens (tertiary/aromatic N) is 2. The summed E-state index contributed by atoms with van der Waals surface area (Å²) in [5.74, 6) is 0.919. The molecular formula is C15H19N3O2S. The predicted molar refractivity (Wildman–Crippen MR) is 83.6 cm³/mol. The summed E-state index contributed by atoms with van der Waals surface area (Å²) in [6.45, 7) is 3.21. The zero-order chi connectivity index (χ0) is 14.8. The SMILES string of the molecule is CC(=O)CC1CCCCN1Cc1nc2ccsc2c(=O)[nH]1. The van der Waals surface area contributed by atoms with E-state index in [0.29, 0.717) is 23.5 Å². The van der Waals surface area contributed by atoms with Crippen molar-refractivity contribution in [1.82, 2.24) is 14.9 Å². The largest absolute Gasteiger partial charge is 0.308 e. The second-order valence-electron chi connectivity index (χ2n) is 5.67. The molecule has 0 amide bonds. The van der Waals surface area contributed by atoms with Gasteiger partial charge in [0.05, 0.1) is 12.1 Å². The molecular weight excluding hydrogens is 286 g/mol. The molecule has 3 heterocycles. The third-order valence-electron chi connectivity index (χ3n) is 3.99. The van der Waals surface area contributed by atoms with Crippen molar-refractivity contribution in [1.29, 1.82) is 0 Å². The van der Waals surface area contributed by atoms with Crippen molar-refractivity contribution in [2.24, 2.45) is 0 Å². The number of aromatic amines is 1. The van der Waals surface area contributed by atoms with Gasteiger partial charge < -0.3 is 4.98 Å². The Morgan fingerprint density at radius 1 is 1.52 bits per heavy atom. The van der Waals surface area contributed by atoms with Crippen LogP contribution in [0.3, 0.4) is 0 Å². The van der Waals surface area contributed by atoms with E-state index in [1.165, 1.54) is 17.8 Å². The molecule has 0 bridgehead atoms. The van der Waals surface area contributed by atoms with Crippen molar-refractivity contribution in [3.8, 4) is 0 Å². The summed E-state index contributed by atoms with van der Waals surface area (Å²) in [5.41, 5.74) is 0.698. The van der Waals surface area contributed by atoms with Crippen molar-refractivity contribution in [2.45, 2.75) is 45.2 Å². The molecule has 2 aromatic heterocycles. The Morgan fingerprint density at radius 2 is 2.38 bits per heavy atom. The molecule has 0 spiro atoms. The summed E-state index contributed by atoms with van der Waals surface area (Å²) in [4.78, 5) is 33.1. The zero-order valence-electron chi connectivity index (χ0n) is 12.1. The third kappa shape index (κ3) is 3.22. The molecule has 1 atom stereocenters. The number of thiophene rings is 1. The smallest absolute Gasteiger partial charge is 0.268 e. The monoisotopic (exact) mass is 305 g/mol. The first-order valence-corrected chi connectivity index (χ1v) is 8.21. The Balaban J connectivity index is 1.82. The van der Waals surface area contributed by atoms with E-state index < -0.39 is 0 Å². The number of likely N-dealkylation sites (tertiary alicyclic amines) is 1. The maximum Gasteiger partial charge on any atom is 0.268 e. The van der Waals surface area contributed by atoms with Crippen LogP contribution in [0.15, 0.2) is 16.2 Å². The second-order valence-corrected chi connectivity index (χ2v) is 6.59. The summed E-state index contributed by atoms with van der Waals surface area (Å²) in [6.07, 6.45) is 3.94. The van der Waals surface area contributed by atoms with Crippen LogP contribution in [-0.2, 0) is 11.3 Å². The minimum absolute atomic E-state index is 0.0647. The predicted octanol–water partition coefficient (Wildman–Crippen LogP) is 2.32. The molecule has 1 fully saturated rings. The highest BCUT2D eigenvalue weighted by molar-refractivity contribution is 7.17. The molecule has 1 saturated heterocycles. The summed E-state index contributed by atoms with van der Waals surface area (Å²) in [6, 6.07) is 2.15. The lowest BCUT2D eigenvalue weighted by molar-refractivity contribution is -0.118. The van der Waals surface area contributed by atoms with Crippen LogP contribution in [0, 0.1) is 0 Å². The number of H-pyrrole nitrogens is 1. The van der Waals surface area contributed by atoms with Crippen LogP contribution in [0.5, 0.6) is 0 Å². The number of hydrogen-bond donors (Lipinski definition) is 1. The first-order chi connectivity index (χ1) is 10.1. The topological polar surface area (TPSA) is 66.1 Å². The van der Waals surface area contributed by atoms with E-state index in [0.717, 1.165) is 24.9 Å². The lowest BCUT2D eigenvalue weighted by Crippen LogP contribution is -2.40. The standard InChI is InChI=1S/C15H19N3O2S/c1-10(19)8-11-4-2-3-6-18(11)9-13-16-12-5-7-21-14(12)15(20)17-13/h5,7,11H,2-4,6,8-9H2,1H3,(H,16,17,20). The Kier molecular flexibility index (Phi) is 4.17. The van der Waals surface area contributed by atoms with E-state index in [1.54, 1.807) is 6.92 Å². The molecule has 3 rings (SSSR count). The van der Waals surface area contributed by atoms with Crippen molar-refractivity contribution < 1.29 is 4.79 Å². The first-order valence-electron chi connectivity index (χ1n) is 7.33. The molecule has 1 N–H and O–H groups in total. The van der Waals surface area contributed by atoms with Gasteiger partial charge in [0.25, 0.3) is 5.56 Å². The van der Waals surface area contributed by atoms with Gasteiger partial charge >= 0.3 is 0 Å². The molecule has 0 radical (unpaired) electrons. The minimum atomic E-state index is -0.0647. The van der Waals surface area contributed by atoms with Gasteiger partial charge in [-0.3, -0.25) is 14.5 Å². The number of ketones is 1. The number of hydrogen-bond acceptors (Lipinski definition) is 5. The van der Waals surface area contributed by atoms with E-state index in [1.807, 2.05) is 11.4 Å². The van der Waals surface area contributed by atoms with E-state index in [4.69, 9.17) is 0 Å². The van der Waals surface area contributed by atoms with Gasteiger partial charge in [-0.05, 0) is 37.8 Å². The highest BCUT2D eigenvalue weighted by Gasteiger charge is 2.24. The van der Waals surface area contributed by atoms with Crippen LogP contribution in [0.25, 0.3) is 10.2 Å². The van der Waals surface area contributed by atoms with Gasteiger partial charge in [0.15, 0.2) is 0 Å². The molecule has 112 valence electrons. The van der Waals surface area contributed by atoms with Gasteiger partial charge in [0.2, 0.25) is 0 Å². The molecule has 21 heavy (non-hydrogen) atoms. The Hall–Kier alpha value is -1.53. The lowest BCUT2D eigenvalue weighted by atomic mass is 9.98. The molecule has 0 aliphatic carbocycles. The van der Waals surface area contributed by atoms with E-state index >= 15 is 0 Å². The number of Topliss-reactive ketones (excluding diaryl/α,β-unsaturated/α-hetero) is 1. The Morgan fingerprint density at radius 3 is 3.19 bits per heavy atom. The summed E-state index contributed by atoms with van der Waals surface area (Å²) >= 11 is 1.41. The van der Waals surface area contributed by atoms with Crippen molar-refractivity contribution in [3.63, 3.8) is 0 Å². The molecule has 0 aromatic carbocycles. The van der Waals surface area contributed by atoms with Gasteiger partial charge in [-0.15, -0.1) is 11.3 Å². The maximum absolute atomic E-state index is 12.0. The molecule has 1 aliphatic heterocycles. The summed E-state index contributed by atoms with van der Waals surface area (Å²) in [7, 11) is 0. The summed E-state index contributed by atoms with van der Waals surface area (Å²) < 4.78 is 0.678. The number of carbonyl (C=O) groups excluding carboxylic acids is 1. The van der Waals surface area contributed by atoms with Gasteiger partial charge in [-0.2, -0.15) is 0 Å². The number of rotatable bonds is 4. The molecule has 5 nitrogen and oxygen atoms in total. The van der Waals surface area contributed by atoms with Gasteiger partial charge in [-0.25, -0.2) is 4.98 Å². The number of piperidine rings is 1. The summed E-state index contributed by atoms with van der Waals surface area (Å²) in [5, 5.41) is 1.89. The highest BCUT2D eigenvalue weighted by Crippen LogP contribution is 2.22. The van der Waals surface area contributed by atoms with Crippen LogP contribution < -0.4 is 5.56 Å². The third-order valence-corrected chi connectivity index (χ3v) is 4.89. The molecule has 6 heteroatoms. The fourth-order valence-electron chi connectivity index (χ4n) is 3.02. The number of carbonyl (C=O) groups is 1. The van der Waals surface area contributed by atoms with Crippen molar-refractivity contribution in [2.75, 3.05) is 6.54 Å². The van der Waals surface area contributed by atoms with Crippen LogP contribution in [0.1, 0.15) is 38.4 Å². The molecule has 1 unspecified atom stereocenters. The van der Waals surface area contributed by atoms with Crippen LogP contribution in [0.4, 0.5) is 0 Å². The lowest BCUT2D eigenvalue weighted by Gasteiger charge is -2.34. The van der Waals surface area contributed by atoms with Crippen LogP contribution in [0.2, 0.25) is 0 Å². The van der Waals surface area contributed by atoms with Gasteiger partial charge in [0, 0.05) is 12.5 Å². The van der Waals surface area contributed by atoms with E-state index in [9.17, 15) is 9.59 Å². The normalized spacial score (nSPS) is 20.0. The number of nitrogens with one attached hydrogen (secondary N) is 1. The van der Waals surface area contributed by atoms with E-state index in [2.05, 4.69) is 14.9 Å². The highest BCUT2D eigenvalue weighted by atomic mass is 32.1. The van der Waals surface area contributed by atoms with Crippen molar-refractivity contribution >= 4 is 27.3 Å². The molecule has 0 saturated carbocycles. The Labute approximate surface area is 127 Å². The van der Waals surface area contributed by atoms with Gasteiger partial charge in [0.1, 0.15) is 16.3 Å². The molecule has 2 aromatic rings. The number of fused-ring (bicyclic) bond motifs is 1. The average Bonchev–Trinajstić information content (AvgIpc) is 2.89. The fraction of sp³-hybridized carbons (Fsp3) is 0.533. The molecule has 1 aliphatic rings.